The maximum absolute atomic E-state index is 11.3. The van der Waals surface area contributed by atoms with Gasteiger partial charge in [0.25, 0.3) is 0 Å². The van der Waals surface area contributed by atoms with Crippen molar-refractivity contribution in [3.63, 3.8) is 0 Å². The molecule has 2 nitrogen and oxygen atoms in total. The summed E-state index contributed by atoms with van der Waals surface area (Å²) in [6.45, 7) is 0. The molecule has 2 aromatic carbocycles. The molecular weight excluding hydrogens is 224 g/mol. The van der Waals surface area contributed by atoms with Gasteiger partial charge in [0.15, 0.2) is 0 Å². The van der Waals surface area contributed by atoms with E-state index in [-0.39, 0.29) is 12.4 Å². The third-order valence-corrected chi connectivity index (χ3v) is 2.85. The predicted octanol–water partition coefficient (Wildman–Crippen LogP) is 3.21. The van der Waals surface area contributed by atoms with Crippen molar-refractivity contribution in [2.75, 3.05) is 7.11 Å². The van der Waals surface area contributed by atoms with Crippen LogP contribution in [0.1, 0.15) is 5.56 Å². The number of methoxy groups -OCH3 is 1. The minimum absolute atomic E-state index is 0.243. The van der Waals surface area contributed by atoms with Gasteiger partial charge < -0.3 is 4.74 Å². The molecule has 0 radical (unpaired) electrons. The Bertz CT molecular complexity index is 534. The number of esters is 1. The van der Waals surface area contributed by atoms with Gasteiger partial charge in [0.05, 0.1) is 13.5 Å². The molecular formula is C13H11ClO2. The molecule has 2 rings (SSSR count). The van der Waals surface area contributed by atoms with Crippen molar-refractivity contribution >= 4 is 28.3 Å². The predicted molar refractivity (Wildman–Crippen MR) is 64.7 cm³/mol. The summed E-state index contributed by atoms with van der Waals surface area (Å²) in [5.41, 5.74) is 0.937. The fourth-order valence-electron chi connectivity index (χ4n) is 1.71. The molecule has 0 saturated carbocycles. The quantitative estimate of drug-likeness (QED) is 0.746. The Morgan fingerprint density at radius 2 is 1.88 bits per heavy atom. The molecule has 0 heterocycles. The Kier molecular flexibility index (Phi) is 3.11. The number of benzene rings is 2. The van der Waals surface area contributed by atoms with Gasteiger partial charge in [0.2, 0.25) is 0 Å². The van der Waals surface area contributed by atoms with Gasteiger partial charge in [0.1, 0.15) is 0 Å². The van der Waals surface area contributed by atoms with Crippen LogP contribution in [-0.2, 0) is 16.0 Å². The molecule has 0 aliphatic heterocycles. The van der Waals surface area contributed by atoms with Crippen LogP contribution in [-0.4, -0.2) is 13.1 Å². The summed E-state index contributed by atoms with van der Waals surface area (Å²) in [4.78, 5) is 11.3. The third-order valence-electron chi connectivity index (χ3n) is 2.52. The van der Waals surface area contributed by atoms with E-state index in [0.717, 1.165) is 16.3 Å². The van der Waals surface area contributed by atoms with Gasteiger partial charge in [-0.1, -0.05) is 41.9 Å². The summed E-state index contributed by atoms with van der Waals surface area (Å²) in [6, 6.07) is 11.4. The standard InChI is InChI=1S/C13H11ClO2/c1-16-13(15)8-9-6-7-12(14)11-5-3-2-4-10(9)11/h2-7H,8H2,1H3. The number of ether oxygens (including phenoxy) is 1. The minimum atomic E-state index is -0.243. The monoisotopic (exact) mass is 234 g/mol. The van der Waals surface area contributed by atoms with Crippen LogP contribution >= 0.6 is 11.6 Å². The van der Waals surface area contributed by atoms with Gasteiger partial charge in [-0.15, -0.1) is 0 Å². The van der Waals surface area contributed by atoms with E-state index in [1.807, 2.05) is 36.4 Å². The second kappa shape index (κ2) is 4.54. The van der Waals surface area contributed by atoms with Crippen molar-refractivity contribution in [3.8, 4) is 0 Å². The van der Waals surface area contributed by atoms with E-state index < -0.39 is 0 Å². The van der Waals surface area contributed by atoms with Gasteiger partial charge in [-0.3, -0.25) is 4.79 Å². The zero-order chi connectivity index (χ0) is 11.5. The Labute approximate surface area is 98.8 Å². The lowest BCUT2D eigenvalue weighted by molar-refractivity contribution is -0.139. The van der Waals surface area contributed by atoms with Crippen LogP contribution in [0.25, 0.3) is 10.8 Å². The maximum atomic E-state index is 11.3. The molecule has 0 fully saturated rings. The maximum Gasteiger partial charge on any atom is 0.309 e. The van der Waals surface area contributed by atoms with Gasteiger partial charge in [0, 0.05) is 10.4 Å². The number of carbonyl (C=O) groups is 1. The molecule has 0 amide bonds. The summed E-state index contributed by atoms with van der Waals surface area (Å²) in [6.07, 6.45) is 0.272. The van der Waals surface area contributed by atoms with Gasteiger partial charge in [-0.25, -0.2) is 0 Å². The van der Waals surface area contributed by atoms with E-state index in [2.05, 4.69) is 4.74 Å². The topological polar surface area (TPSA) is 26.3 Å². The zero-order valence-corrected chi connectivity index (χ0v) is 9.62. The Morgan fingerprint density at radius 3 is 2.56 bits per heavy atom. The Hall–Kier alpha value is -1.54. The summed E-state index contributed by atoms with van der Waals surface area (Å²) >= 11 is 6.08. The first-order valence-corrected chi connectivity index (χ1v) is 5.33. The molecule has 0 aromatic heterocycles. The van der Waals surface area contributed by atoms with Crippen LogP contribution in [0, 0.1) is 0 Å². The summed E-state index contributed by atoms with van der Waals surface area (Å²) in [7, 11) is 1.39. The van der Waals surface area contributed by atoms with Crippen molar-refractivity contribution < 1.29 is 9.53 Å². The normalized spacial score (nSPS) is 10.4. The highest BCUT2D eigenvalue weighted by atomic mass is 35.5. The molecule has 0 spiro atoms. The van der Waals surface area contributed by atoms with Crippen molar-refractivity contribution in [1.82, 2.24) is 0 Å². The fraction of sp³-hybridized carbons (Fsp3) is 0.154. The molecule has 2 aromatic rings. The fourth-order valence-corrected chi connectivity index (χ4v) is 1.93. The van der Waals surface area contributed by atoms with Crippen molar-refractivity contribution in [1.29, 1.82) is 0 Å². The van der Waals surface area contributed by atoms with Crippen LogP contribution in [0.3, 0.4) is 0 Å². The Balaban J connectivity index is 2.54. The first kappa shape index (κ1) is 11.0. The van der Waals surface area contributed by atoms with Crippen molar-refractivity contribution in [2.24, 2.45) is 0 Å². The lowest BCUT2D eigenvalue weighted by Crippen LogP contribution is -2.04. The van der Waals surface area contributed by atoms with E-state index in [4.69, 9.17) is 11.6 Å². The highest BCUT2D eigenvalue weighted by Gasteiger charge is 2.08. The molecule has 0 bridgehead atoms. The second-order valence-corrected chi connectivity index (χ2v) is 3.91. The number of halogens is 1. The molecule has 0 saturated heterocycles. The van der Waals surface area contributed by atoms with E-state index >= 15 is 0 Å². The number of rotatable bonds is 2. The smallest absolute Gasteiger partial charge is 0.309 e. The Morgan fingerprint density at radius 1 is 1.19 bits per heavy atom. The molecule has 16 heavy (non-hydrogen) atoms. The highest BCUT2D eigenvalue weighted by molar-refractivity contribution is 6.35. The average Bonchev–Trinajstić information content (AvgIpc) is 2.33. The first-order chi connectivity index (χ1) is 7.72. The van der Waals surface area contributed by atoms with E-state index in [1.54, 1.807) is 0 Å². The van der Waals surface area contributed by atoms with Gasteiger partial charge in [-0.05, 0) is 17.0 Å². The molecule has 0 aliphatic carbocycles. The largest absolute Gasteiger partial charge is 0.469 e. The zero-order valence-electron chi connectivity index (χ0n) is 8.87. The van der Waals surface area contributed by atoms with Gasteiger partial charge >= 0.3 is 5.97 Å². The lowest BCUT2D eigenvalue weighted by atomic mass is 10.0. The average molecular weight is 235 g/mol. The second-order valence-electron chi connectivity index (χ2n) is 3.51. The van der Waals surface area contributed by atoms with E-state index in [1.165, 1.54) is 7.11 Å². The minimum Gasteiger partial charge on any atom is -0.469 e. The summed E-state index contributed by atoms with van der Waals surface area (Å²) < 4.78 is 4.66. The first-order valence-electron chi connectivity index (χ1n) is 4.95. The van der Waals surface area contributed by atoms with E-state index in [9.17, 15) is 4.79 Å². The number of fused-ring (bicyclic) bond motifs is 1. The highest BCUT2D eigenvalue weighted by Crippen LogP contribution is 2.26. The van der Waals surface area contributed by atoms with Crippen molar-refractivity contribution in [2.45, 2.75) is 6.42 Å². The van der Waals surface area contributed by atoms with Crippen LogP contribution in [0.5, 0.6) is 0 Å². The molecule has 3 heteroatoms. The molecule has 0 N–H and O–H groups in total. The number of carbonyl (C=O) groups excluding carboxylic acids is 1. The molecule has 0 unspecified atom stereocenters. The number of hydrogen-bond acceptors (Lipinski definition) is 2. The van der Waals surface area contributed by atoms with Gasteiger partial charge in [-0.2, -0.15) is 0 Å². The summed E-state index contributed by atoms with van der Waals surface area (Å²) in [5, 5.41) is 2.66. The van der Waals surface area contributed by atoms with Crippen LogP contribution in [0.15, 0.2) is 36.4 Å². The third kappa shape index (κ3) is 2.02. The summed E-state index contributed by atoms with van der Waals surface area (Å²) in [5.74, 6) is -0.243. The van der Waals surface area contributed by atoms with Crippen LogP contribution in [0.2, 0.25) is 5.02 Å². The van der Waals surface area contributed by atoms with Crippen LogP contribution in [0.4, 0.5) is 0 Å². The van der Waals surface area contributed by atoms with E-state index in [0.29, 0.717) is 5.02 Å². The molecule has 0 aliphatic rings. The molecule has 0 atom stereocenters. The SMILES string of the molecule is COC(=O)Cc1ccc(Cl)c2ccccc12. The number of hydrogen-bond donors (Lipinski definition) is 0. The lowest BCUT2D eigenvalue weighted by Gasteiger charge is -2.06. The van der Waals surface area contributed by atoms with Crippen molar-refractivity contribution in [3.05, 3.63) is 47.0 Å². The van der Waals surface area contributed by atoms with Crippen LogP contribution < -0.4 is 0 Å². The molecule has 82 valence electrons.